The molecule has 0 atom stereocenters. The summed E-state index contributed by atoms with van der Waals surface area (Å²) in [5, 5.41) is 4.01. The first-order valence-electron chi connectivity index (χ1n) is 9.41. The van der Waals surface area contributed by atoms with Gasteiger partial charge in [0, 0.05) is 19.3 Å². The van der Waals surface area contributed by atoms with E-state index in [-0.39, 0.29) is 0 Å². The molecule has 6 nitrogen and oxygen atoms in total. The van der Waals surface area contributed by atoms with Gasteiger partial charge >= 0.3 is 0 Å². The number of aryl methyl sites for hydroxylation is 2. The minimum absolute atomic E-state index is 0.310. The lowest BCUT2D eigenvalue weighted by atomic mass is 9.90. The molecule has 1 saturated heterocycles. The second kappa shape index (κ2) is 7.48. The first-order chi connectivity index (χ1) is 13.5. The van der Waals surface area contributed by atoms with Gasteiger partial charge < -0.3 is 4.52 Å². The van der Waals surface area contributed by atoms with Gasteiger partial charge in [0.15, 0.2) is 0 Å². The van der Waals surface area contributed by atoms with Gasteiger partial charge in [0.2, 0.25) is 10.0 Å². The molecule has 0 unspecified atom stereocenters. The van der Waals surface area contributed by atoms with Gasteiger partial charge in [0.1, 0.15) is 5.76 Å². The number of hydrogen-bond acceptors (Lipinski definition) is 5. The van der Waals surface area contributed by atoms with E-state index in [0.717, 1.165) is 35.6 Å². The Kier molecular flexibility index (Phi) is 5.03. The maximum Gasteiger partial charge on any atom is 0.243 e. The number of hydrogen-bond donors (Lipinski definition) is 0. The van der Waals surface area contributed by atoms with Crippen LogP contribution in [0, 0.1) is 13.8 Å². The molecule has 7 heteroatoms. The quantitative estimate of drug-likeness (QED) is 0.667. The van der Waals surface area contributed by atoms with Crippen LogP contribution in [-0.2, 0) is 10.0 Å². The normalized spacial score (nSPS) is 16.4. The van der Waals surface area contributed by atoms with Gasteiger partial charge in [0.05, 0.1) is 21.8 Å². The number of benzene rings is 1. The van der Waals surface area contributed by atoms with Gasteiger partial charge in [-0.1, -0.05) is 23.4 Å². The number of rotatable bonds is 4. The van der Waals surface area contributed by atoms with Crippen LogP contribution in [0.15, 0.2) is 58.1 Å². The monoisotopic (exact) mass is 397 g/mol. The third kappa shape index (κ3) is 3.47. The topological polar surface area (TPSA) is 76.3 Å². The average molecular weight is 398 g/mol. The van der Waals surface area contributed by atoms with Gasteiger partial charge in [-0.2, -0.15) is 4.31 Å². The molecule has 0 radical (unpaired) electrons. The van der Waals surface area contributed by atoms with Crippen molar-refractivity contribution in [3.8, 4) is 11.3 Å². The van der Waals surface area contributed by atoms with E-state index in [1.807, 2.05) is 32.2 Å². The Morgan fingerprint density at radius 3 is 2.43 bits per heavy atom. The average Bonchev–Trinajstić information content (AvgIpc) is 3.07. The van der Waals surface area contributed by atoms with E-state index in [4.69, 9.17) is 4.52 Å². The highest BCUT2D eigenvalue weighted by Gasteiger charge is 2.30. The minimum atomic E-state index is -3.42. The van der Waals surface area contributed by atoms with E-state index in [0.29, 0.717) is 23.9 Å². The van der Waals surface area contributed by atoms with Crippen LogP contribution in [0.1, 0.15) is 35.8 Å². The predicted octanol–water partition coefficient (Wildman–Crippen LogP) is 3.92. The van der Waals surface area contributed by atoms with E-state index in [9.17, 15) is 8.42 Å². The van der Waals surface area contributed by atoms with Crippen molar-refractivity contribution in [3.63, 3.8) is 0 Å². The summed E-state index contributed by atoms with van der Waals surface area (Å²) in [7, 11) is -3.42. The first-order valence-corrected chi connectivity index (χ1v) is 10.8. The van der Waals surface area contributed by atoms with E-state index < -0.39 is 10.0 Å². The highest BCUT2D eigenvalue weighted by Crippen LogP contribution is 2.33. The van der Waals surface area contributed by atoms with Crippen molar-refractivity contribution in [1.82, 2.24) is 14.4 Å². The Morgan fingerprint density at radius 2 is 1.79 bits per heavy atom. The summed E-state index contributed by atoms with van der Waals surface area (Å²) in [6.45, 7) is 4.83. The zero-order valence-electron chi connectivity index (χ0n) is 16.0. The molecule has 0 spiro atoms. The van der Waals surface area contributed by atoms with Crippen molar-refractivity contribution in [2.45, 2.75) is 37.5 Å². The molecule has 0 saturated carbocycles. The van der Waals surface area contributed by atoms with E-state index in [1.165, 1.54) is 5.56 Å². The molecule has 0 amide bonds. The lowest BCUT2D eigenvalue weighted by molar-refractivity contribution is 0.319. The second-order valence-electron chi connectivity index (χ2n) is 7.16. The Balaban J connectivity index is 1.51. The van der Waals surface area contributed by atoms with Crippen molar-refractivity contribution in [2.24, 2.45) is 0 Å². The van der Waals surface area contributed by atoms with Crippen molar-refractivity contribution in [1.29, 1.82) is 0 Å². The van der Waals surface area contributed by atoms with E-state index >= 15 is 0 Å². The molecule has 1 aromatic carbocycles. The molecule has 28 heavy (non-hydrogen) atoms. The molecular weight excluding hydrogens is 374 g/mol. The van der Waals surface area contributed by atoms with Crippen LogP contribution in [0.4, 0.5) is 0 Å². The third-order valence-electron chi connectivity index (χ3n) is 5.38. The number of piperidine rings is 1. The first kappa shape index (κ1) is 18.8. The summed E-state index contributed by atoms with van der Waals surface area (Å²) >= 11 is 0. The summed E-state index contributed by atoms with van der Waals surface area (Å²) < 4.78 is 32.5. The Hall–Kier alpha value is -2.51. The molecular formula is C21H23N3O3S. The molecule has 146 valence electrons. The molecule has 4 rings (SSSR count). The zero-order chi connectivity index (χ0) is 19.7. The highest BCUT2D eigenvalue weighted by atomic mass is 32.2. The maximum atomic E-state index is 12.8. The predicted molar refractivity (Wildman–Crippen MR) is 106 cm³/mol. The lowest BCUT2D eigenvalue weighted by Crippen LogP contribution is -2.37. The second-order valence-corrected chi connectivity index (χ2v) is 9.10. The van der Waals surface area contributed by atoms with Crippen LogP contribution in [-0.4, -0.2) is 36.0 Å². The minimum Gasteiger partial charge on any atom is -0.361 e. The summed E-state index contributed by atoms with van der Waals surface area (Å²) in [5.41, 5.74) is 3.80. The van der Waals surface area contributed by atoms with Crippen molar-refractivity contribution in [2.75, 3.05) is 13.1 Å². The van der Waals surface area contributed by atoms with Crippen LogP contribution in [0.2, 0.25) is 0 Å². The largest absolute Gasteiger partial charge is 0.361 e. The molecule has 1 aliphatic rings. The van der Waals surface area contributed by atoms with Gasteiger partial charge in [-0.3, -0.25) is 4.98 Å². The molecule has 0 bridgehead atoms. The smallest absolute Gasteiger partial charge is 0.243 e. The van der Waals surface area contributed by atoms with Crippen molar-refractivity contribution in [3.05, 3.63) is 65.7 Å². The van der Waals surface area contributed by atoms with Gasteiger partial charge in [-0.25, -0.2) is 8.42 Å². The highest BCUT2D eigenvalue weighted by molar-refractivity contribution is 7.89. The van der Waals surface area contributed by atoms with Crippen LogP contribution >= 0.6 is 0 Å². The van der Waals surface area contributed by atoms with E-state index in [1.54, 1.807) is 28.6 Å². The Labute approximate surface area is 165 Å². The Bertz CT molecular complexity index is 1050. The van der Waals surface area contributed by atoms with Crippen LogP contribution in [0.5, 0.6) is 0 Å². The van der Waals surface area contributed by atoms with Crippen LogP contribution in [0.25, 0.3) is 11.3 Å². The van der Waals surface area contributed by atoms with Gasteiger partial charge in [-0.15, -0.1) is 0 Å². The maximum absolute atomic E-state index is 12.8. The summed E-state index contributed by atoms with van der Waals surface area (Å²) in [6.07, 6.45) is 3.39. The SMILES string of the molecule is Cc1noc(C)c1-c1cc(C2CCN(S(=O)(=O)c3ccccc3)CC2)ccn1. The molecule has 0 N–H and O–H groups in total. The Morgan fingerprint density at radius 1 is 1.07 bits per heavy atom. The van der Waals surface area contributed by atoms with Gasteiger partial charge in [0.25, 0.3) is 0 Å². The number of aromatic nitrogens is 2. The molecule has 1 aliphatic heterocycles. The molecule has 3 heterocycles. The standard InChI is InChI=1S/C21H23N3O3S/c1-15-21(16(2)27-23-15)20-14-18(8-11-22-20)17-9-12-24(13-10-17)28(25,26)19-6-4-3-5-7-19/h3-8,11,14,17H,9-10,12-13H2,1-2H3. The molecule has 2 aromatic heterocycles. The van der Waals surface area contributed by atoms with Crippen LogP contribution < -0.4 is 0 Å². The molecule has 1 fully saturated rings. The number of nitrogens with zero attached hydrogens (tertiary/aromatic N) is 3. The number of pyridine rings is 1. The summed E-state index contributed by atoms with van der Waals surface area (Å²) in [6, 6.07) is 12.7. The third-order valence-corrected chi connectivity index (χ3v) is 7.29. The van der Waals surface area contributed by atoms with Crippen LogP contribution in [0.3, 0.4) is 0 Å². The fourth-order valence-corrected chi connectivity index (χ4v) is 5.35. The van der Waals surface area contributed by atoms with Crippen molar-refractivity contribution < 1.29 is 12.9 Å². The van der Waals surface area contributed by atoms with E-state index in [2.05, 4.69) is 16.2 Å². The zero-order valence-corrected chi connectivity index (χ0v) is 16.8. The fraction of sp³-hybridized carbons (Fsp3) is 0.333. The molecule has 3 aromatic rings. The number of sulfonamides is 1. The van der Waals surface area contributed by atoms with Gasteiger partial charge in [-0.05, 0) is 62.4 Å². The lowest BCUT2D eigenvalue weighted by Gasteiger charge is -2.31. The summed E-state index contributed by atoms with van der Waals surface area (Å²) in [4.78, 5) is 4.85. The molecule has 0 aliphatic carbocycles. The fourth-order valence-electron chi connectivity index (χ4n) is 3.86. The van der Waals surface area contributed by atoms with Crippen molar-refractivity contribution >= 4 is 10.0 Å². The summed E-state index contributed by atoms with van der Waals surface area (Å²) in [5.74, 6) is 1.07.